The van der Waals surface area contributed by atoms with Crippen molar-refractivity contribution in [1.82, 2.24) is 19.6 Å². The molecule has 9 heteroatoms. The molecular formula is C18H11Cl2FN4OS. The molecule has 2 aromatic carbocycles. The first kappa shape index (κ1) is 18.0. The maximum atomic E-state index is 13.2. The third-order valence-electron chi connectivity index (χ3n) is 3.89. The van der Waals surface area contributed by atoms with Crippen LogP contribution in [0.4, 0.5) is 4.39 Å². The third kappa shape index (κ3) is 3.71. The number of thioether (sulfide) groups is 1. The first-order valence-corrected chi connectivity index (χ1v) is 9.56. The summed E-state index contributed by atoms with van der Waals surface area (Å²) in [5.41, 5.74) is 2.24. The van der Waals surface area contributed by atoms with Gasteiger partial charge in [-0.2, -0.15) is 9.61 Å². The average molecular weight is 421 g/mol. The van der Waals surface area contributed by atoms with Crippen LogP contribution in [0.15, 0.2) is 58.6 Å². The van der Waals surface area contributed by atoms with E-state index in [1.54, 1.807) is 24.3 Å². The molecule has 5 nitrogen and oxygen atoms in total. The monoisotopic (exact) mass is 420 g/mol. The van der Waals surface area contributed by atoms with Crippen LogP contribution in [0.2, 0.25) is 10.0 Å². The van der Waals surface area contributed by atoms with Crippen LogP contribution < -0.4 is 5.69 Å². The fourth-order valence-electron chi connectivity index (χ4n) is 2.55. The quantitative estimate of drug-likeness (QED) is 0.480. The molecule has 0 aliphatic carbocycles. The van der Waals surface area contributed by atoms with Gasteiger partial charge >= 0.3 is 5.69 Å². The largest absolute Gasteiger partial charge is 0.350 e. The number of fused-ring (bicyclic) bond motifs is 1. The summed E-state index contributed by atoms with van der Waals surface area (Å²) in [6, 6.07) is 11.2. The van der Waals surface area contributed by atoms with E-state index in [-0.39, 0.29) is 5.82 Å². The summed E-state index contributed by atoms with van der Waals surface area (Å²) in [4.78, 5) is 19.5. The number of halogens is 3. The first-order chi connectivity index (χ1) is 13.0. The fraction of sp³-hybridized carbons (Fsp3) is 0.0556. The predicted molar refractivity (Wildman–Crippen MR) is 105 cm³/mol. The van der Waals surface area contributed by atoms with Crippen LogP contribution in [0, 0.1) is 5.82 Å². The Kier molecular flexibility index (Phi) is 4.90. The van der Waals surface area contributed by atoms with Gasteiger partial charge in [0.2, 0.25) is 0 Å². The van der Waals surface area contributed by atoms with E-state index in [4.69, 9.17) is 23.2 Å². The standard InChI is InChI=1S/C18H11Cl2FN4OS/c19-12-4-1-11(15(20)7-12)9-27-17-23-16-14(8-22-25(16)18(26)24-17)10-2-5-13(21)6-3-10/h1-8H,9H2,(H,23,24,26). The van der Waals surface area contributed by atoms with Gasteiger partial charge in [0.05, 0.1) is 6.20 Å². The van der Waals surface area contributed by atoms with Gasteiger partial charge in [-0.1, -0.05) is 53.2 Å². The molecule has 0 fully saturated rings. The SMILES string of the molecule is O=c1[nH]c(SCc2ccc(Cl)cc2Cl)nc2c(-c3ccc(F)cc3)cnn12. The van der Waals surface area contributed by atoms with Crippen molar-refractivity contribution in [2.75, 3.05) is 0 Å². The molecule has 4 aromatic rings. The molecular weight excluding hydrogens is 410 g/mol. The summed E-state index contributed by atoms with van der Waals surface area (Å²) in [6.07, 6.45) is 1.54. The molecule has 2 heterocycles. The lowest BCUT2D eigenvalue weighted by Crippen LogP contribution is -2.19. The van der Waals surface area contributed by atoms with E-state index in [0.29, 0.717) is 32.2 Å². The highest BCUT2D eigenvalue weighted by atomic mass is 35.5. The Morgan fingerprint density at radius 2 is 1.93 bits per heavy atom. The van der Waals surface area contributed by atoms with Crippen molar-refractivity contribution in [1.29, 1.82) is 0 Å². The lowest BCUT2D eigenvalue weighted by Gasteiger charge is -2.05. The van der Waals surface area contributed by atoms with Crippen LogP contribution in [-0.4, -0.2) is 19.6 Å². The number of rotatable bonds is 4. The minimum absolute atomic E-state index is 0.336. The minimum atomic E-state index is -0.405. The van der Waals surface area contributed by atoms with E-state index in [1.807, 2.05) is 6.07 Å². The highest BCUT2D eigenvalue weighted by Crippen LogP contribution is 2.28. The summed E-state index contributed by atoms with van der Waals surface area (Å²) < 4.78 is 14.4. The second-order valence-electron chi connectivity index (χ2n) is 5.67. The topological polar surface area (TPSA) is 63.0 Å². The van der Waals surface area contributed by atoms with Crippen molar-refractivity contribution < 1.29 is 4.39 Å². The minimum Gasteiger partial charge on any atom is -0.285 e. The molecule has 4 rings (SSSR count). The predicted octanol–water partition coefficient (Wildman–Crippen LogP) is 4.82. The molecule has 0 atom stereocenters. The van der Waals surface area contributed by atoms with Gasteiger partial charge in [0.25, 0.3) is 0 Å². The van der Waals surface area contributed by atoms with Crippen molar-refractivity contribution in [3.63, 3.8) is 0 Å². The lowest BCUT2D eigenvalue weighted by molar-refractivity contribution is 0.628. The Hall–Kier alpha value is -2.35. The molecule has 0 saturated carbocycles. The van der Waals surface area contributed by atoms with Gasteiger partial charge in [-0.05, 0) is 35.4 Å². The zero-order chi connectivity index (χ0) is 19.0. The normalized spacial score (nSPS) is 11.2. The molecule has 0 radical (unpaired) electrons. The van der Waals surface area contributed by atoms with Crippen LogP contribution in [0.25, 0.3) is 16.8 Å². The van der Waals surface area contributed by atoms with E-state index in [2.05, 4.69) is 15.1 Å². The number of benzene rings is 2. The summed E-state index contributed by atoms with van der Waals surface area (Å²) in [5, 5.41) is 5.62. The van der Waals surface area contributed by atoms with Gasteiger partial charge in [-0.25, -0.2) is 14.2 Å². The number of nitrogens with one attached hydrogen (secondary N) is 1. The number of hydrogen-bond donors (Lipinski definition) is 1. The van der Waals surface area contributed by atoms with Crippen LogP contribution in [0.3, 0.4) is 0 Å². The van der Waals surface area contributed by atoms with Gasteiger partial charge in [0.15, 0.2) is 10.8 Å². The van der Waals surface area contributed by atoms with Crippen molar-refractivity contribution >= 4 is 40.6 Å². The number of hydrogen-bond acceptors (Lipinski definition) is 4. The van der Waals surface area contributed by atoms with Crippen molar-refractivity contribution in [2.45, 2.75) is 10.9 Å². The number of H-pyrrole nitrogens is 1. The maximum Gasteiger partial charge on any atom is 0.350 e. The van der Waals surface area contributed by atoms with E-state index in [9.17, 15) is 9.18 Å². The Morgan fingerprint density at radius 3 is 2.67 bits per heavy atom. The summed E-state index contributed by atoms with van der Waals surface area (Å²) in [6.45, 7) is 0. The van der Waals surface area contributed by atoms with Crippen LogP contribution in [-0.2, 0) is 5.75 Å². The average Bonchev–Trinajstić information content (AvgIpc) is 3.06. The van der Waals surface area contributed by atoms with E-state index < -0.39 is 5.69 Å². The molecule has 136 valence electrons. The third-order valence-corrected chi connectivity index (χ3v) is 5.40. The number of nitrogens with zero attached hydrogens (tertiary/aromatic N) is 3. The first-order valence-electron chi connectivity index (χ1n) is 7.82. The highest BCUT2D eigenvalue weighted by molar-refractivity contribution is 7.98. The Labute approximate surface area is 167 Å². The zero-order valence-corrected chi connectivity index (χ0v) is 15.9. The molecule has 0 aliphatic rings. The molecule has 1 N–H and O–H groups in total. The van der Waals surface area contributed by atoms with E-state index >= 15 is 0 Å². The van der Waals surface area contributed by atoms with Gasteiger partial charge < -0.3 is 0 Å². The molecule has 2 aromatic heterocycles. The van der Waals surface area contributed by atoms with Gasteiger partial charge in [-0.3, -0.25) is 4.98 Å². The molecule has 27 heavy (non-hydrogen) atoms. The van der Waals surface area contributed by atoms with Gasteiger partial charge in [-0.15, -0.1) is 0 Å². The second-order valence-corrected chi connectivity index (χ2v) is 7.48. The molecule has 0 saturated heterocycles. The van der Waals surface area contributed by atoms with E-state index in [0.717, 1.165) is 11.1 Å². The van der Waals surface area contributed by atoms with Crippen molar-refractivity contribution in [2.24, 2.45) is 0 Å². The second kappa shape index (κ2) is 7.34. The van der Waals surface area contributed by atoms with E-state index in [1.165, 1.54) is 34.6 Å². The summed E-state index contributed by atoms with van der Waals surface area (Å²) in [7, 11) is 0. The summed E-state index contributed by atoms with van der Waals surface area (Å²) in [5.74, 6) is 0.173. The molecule has 0 unspecified atom stereocenters. The lowest BCUT2D eigenvalue weighted by atomic mass is 10.1. The maximum absolute atomic E-state index is 13.2. The molecule has 0 aliphatic heterocycles. The molecule has 0 amide bonds. The summed E-state index contributed by atoms with van der Waals surface area (Å²) >= 11 is 13.4. The Morgan fingerprint density at radius 1 is 1.15 bits per heavy atom. The van der Waals surface area contributed by atoms with Crippen molar-refractivity contribution in [3.05, 3.63) is 80.6 Å². The number of aromatic amines is 1. The molecule has 0 bridgehead atoms. The zero-order valence-electron chi connectivity index (χ0n) is 13.6. The van der Waals surface area contributed by atoms with Gasteiger partial charge in [0.1, 0.15) is 5.82 Å². The Bertz CT molecular complexity index is 1190. The smallest absolute Gasteiger partial charge is 0.285 e. The Balaban J connectivity index is 1.69. The molecule has 0 spiro atoms. The van der Waals surface area contributed by atoms with Crippen LogP contribution in [0.5, 0.6) is 0 Å². The number of aromatic nitrogens is 4. The van der Waals surface area contributed by atoms with Gasteiger partial charge in [0, 0.05) is 21.4 Å². The van der Waals surface area contributed by atoms with Crippen LogP contribution in [0.1, 0.15) is 5.56 Å². The van der Waals surface area contributed by atoms with Crippen molar-refractivity contribution in [3.8, 4) is 11.1 Å². The highest BCUT2D eigenvalue weighted by Gasteiger charge is 2.13. The fourth-order valence-corrected chi connectivity index (χ4v) is 3.96. The van der Waals surface area contributed by atoms with Crippen LogP contribution >= 0.6 is 35.0 Å².